The van der Waals surface area contributed by atoms with Gasteiger partial charge in [-0.3, -0.25) is 0 Å². The number of piperidine rings is 1. The summed E-state index contributed by atoms with van der Waals surface area (Å²) in [5.41, 5.74) is 0.774. The van der Waals surface area contributed by atoms with Gasteiger partial charge < -0.3 is 19.1 Å². The topological polar surface area (TPSA) is 34.2 Å². The van der Waals surface area contributed by atoms with E-state index >= 15 is 0 Å². The summed E-state index contributed by atoms with van der Waals surface area (Å²) in [5.74, 6) is 0.315. The highest BCUT2D eigenvalue weighted by atomic mass is 19.1. The SMILES string of the molecule is COCCOc1ccc(N2CCC3(CC2)CO3)c(F)c1. The maximum absolute atomic E-state index is 14.2. The highest BCUT2D eigenvalue weighted by Crippen LogP contribution is 2.39. The Hall–Kier alpha value is -1.33. The van der Waals surface area contributed by atoms with E-state index in [1.807, 2.05) is 6.07 Å². The summed E-state index contributed by atoms with van der Waals surface area (Å²) < 4.78 is 29.9. The van der Waals surface area contributed by atoms with Crippen LogP contribution in [0, 0.1) is 5.82 Å². The highest BCUT2D eigenvalue weighted by Gasteiger charge is 2.46. The van der Waals surface area contributed by atoms with Gasteiger partial charge in [0.15, 0.2) is 0 Å². The van der Waals surface area contributed by atoms with E-state index in [1.165, 1.54) is 6.07 Å². The second-order valence-corrected chi connectivity index (χ2v) is 5.41. The summed E-state index contributed by atoms with van der Waals surface area (Å²) in [6.45, 7) is 3.49. The van der Waals surface area contributed by atoms with Gasteiger partial charge in [0.1, 0.15) is 18.2 Å². The van der Waals surface area contributed by atoms with E-state index in [0.717, 1.165) is 32.5 Å². The van der Waals surface area contributed by atoms with Crippen LogP contribution >= 0.6 is 0 Å². The van der Waals surface area contributed by atoms with Crippen LogP contribution in [0.5, 0.6) is 5.75 Å². The Morgan fingerprint density at radius 2 is 2.05 bits per heavy atom. The standard InChI is InChI=1S/C15H20FNO3/c1-18-8-9-19-12-2-3-14(13(16)10-12)17-6-4-15(5-7-17)11-20-15/h2-3,10H,4-9,11H2,1H3. The van der Waals surface area contributed by atoms with E-state index in [4.69, 9.17) is 14.2 Å². The molecule has 0 radical (unpaired) electrons. The summed E-state index contributed by atoms with van der Waals surface area (Å²) in [6, 6.07) is 5.05. The fourth-order valence-corrected chi connectivity index (χ4v) is 2.62. The zero-order valence-corrected chi connectivity index (χ0v) is 11.7. The third-order valence-corrected chi connectivity index (χ3v) is 4.04. The third kappa shape index (κ3) is 2.88. The Kier molecular flexibility index (Phi) is 3.81. The van der Waals surface area contributed by atoms with Crippen LogP contribution < -0.4 is 9.64 Å². The van der Waals surface area contributed by atoms with Crippen LogP contribution in [0.25, 0.3) is 0 Å². The van der Waals surface area contributed by atoms with Crippen molar-refractivity contribution in [3.05, 3.63) is 24.0 Å². The molecule has 0 aromatic heterocycles. The Morgan fingerprint density at radius 1 is 1.30 bits per heavy atom. The molecule has 2 fully saturated rings. The molecule has 0 amide bonds. The van der Waals surface area contributed by atoms with Crippen molar-refractivity contribution >= 4 is 5.69 Å². The zero-order chi connectivity index (χ0) is 14.0. The highest BCUT2D eigenvalue weighted by molar-refractivity contribution is 5.51. The lowest BCUT2D eigenvalue weighted by molar-refractivity contribution is 0.146. The smallest absolute Gasteiger partial charge is 0.150 e. The molecule has 0 unspecified atom stereocenters. The Balaban J connectivity index is 1.61. The van der Waals surface area contributed by atoms with Gasteiger partial charge in [0.05, 0.1) is 24.5 Å². The van der Waals surface area contributed by atoms with Gasteiger partial charge in [-0.2, -0.15) is 0 Å². The molecule has 0 aliphatic carbocycles. The fourth-order valence-electron chi connectivity index (χ4n) is 2.62. The van der Waals surface area contributed by atoms with Crippen molar-refractivity contribution in [2.75, 3.05) is 44.9 Å². The first-order valence-electron chi connectivity index (χ1n) is 7.03. The van der Waals surface area contributed by atoms with Gasteiger partial charge >= 0.3 is 0 Å². The van der Waals surface area contributed by atoms with Gasteiger partial charge in [-0.25, -0.2) is 4.39 Å². The minimum atomic E-state index is -0.229. The second-order valence-electron chi connectivity index (χ2n) is 5.41. The van der Waals surface area contributed by atoms with Gasteiger partial charge in [-0.1, -0.05) is 0 Å². The molecule has 3 rings (SSSR count). The molecule has 0 bridgehead atoms. The summed E-state index contributed by atoms with van der Waals surface area (Å²) in [6.07, 6.45) is 1.97. The van der Waals surface area contributed by atoms with Crippen LogP contribution in [0.3, 0.4) is 0 Å². The molecule has 2 heterocycles. The number of rotatable bonds is 5. The van der Waals surface area contributed by atoms with Crippen LogP contribution in [-0.4, -0.2) is 45.6 Å². The summed E-state index contributed by atoms with van der Waals surface area (Å²) in [7, 11) is 1.61. The predicted octanol–water partition coefficient (Wildman–Crippen LogP) is 2.22. The number of benzene rings is 1. The van der Waals surface area contributed by atoms with E-state index in [1.54, 1.807) is 13.2 Å². The van der Waals surface area contributed by atoms with Gasteiger partial charge in [-0.15, -0.1) is 0 Å². The van der Waals surface area contributed by atoms with Gasteiger partial charge in [0.25, 0.3) is 0 Å². The molecule has 110 valence electrons. The van der Waals surface area contributed by atoms with Gasteiger partial charge in [-0.05, 0) is 25.0 Å². The van der Waals surface area contributed by atoms with Crippen LogP contribution in [0.1, 0.15) is 12.8 Å². The molecule has 0 atom stereocenters. The van der Waals surface area contributed by atoms with Gasteiger partial charge in [0, 0.05) is 26.3 Å². The summed E-state index contributed by atoms with van der Waals surface area (Å²) >= 11 is 0. The molecular weight excluding hydrogens is 261 g/mol. The first kappa shape index (κ1) is 13.6. The molecular formula is C15H20FNO3. The lowest BCUT2D eigenvalue weighted by Gasteiger charge is -2.32. The number of halogens is 1. The maximum Gasteiger partial charge on any atom is 0.150 e. The van der Waals surface area contributed by atoms with Crippen LogP contribution in [-0.2, 0) is 9.47 Å². The molecule has 2 saturated heterocycles. The lowest BCUT2D eigenvalue weighted by Crippen LogP contribution is -2.38. The molecule has 4 nitrogen and oxygen atoms in total. The quantitative estimate of drug-likeness (QED) is 0.612. The van der Waals surface area contributed by atoms with Crippen molar-refractivity contribution in [2.24, 2.45) is 0 Å². The van der Waals surface area contributed by atoms with Crippen molar-refractivity contribution < 1.29 is 18.6 Å². The van der Waals surface area contributed by atoms with Crippen molar-refractivity contribution in [3.8, 4) is 5.75 Å². The predicted molar refractivity (Wildman–Crippen MR) is 73.9 cm³/mol. The van der Waals surface area contributed by atoms with Crippen molar-refractivity contribution in [1.29, 1.82) is 0 Å². The normalized spacial score (nSPS) is 20.2. The number of nitrogens with zero attached hydrogens (tertiary/aromatic N) is 1. The average molecular weight is 281 g/mol. The third-order valence-electron chi connectivity index (χ3n) is 4.04. The Labute approximate surface area is 118 Å². The van der Waals surface area contributed by atoms with Crippen molar-refractivity contribution in [3.63, 3.8) is 0 Å². The van der Waals surface area contributed by atoms with E-state index in [-0.39, 0.29) is 11.4 Å². The average Bonchev–Trinajstić information content (AvgIpc) is 3.20. The minimum Gasteiger partial charge on any atom is -0.491 e. The molecule has 0 N–H and O–H groups in total. The molecule has 5 heteroatoms. The van der Waals surface area contributed by atoms with Crippen LogP contribution in [0.4, 0.5) is 10.1 Å². The number of anilines is 1. The Morgan fingerprint density at radius 3 is 2.65 bits per heavy atom. The molecule has 1 spiro atoms. The molecule has 1 aromatic rings. The molecule has 1 aromatic carbocycles. The van der Waals surface area contributed by atoms with Crippen LogP contribution in [0.2, 0.25) is 0 Å². The number of ether oxygens (including phenoxy) is 3. The molecule has 0 saturated carbocycles. The number of epoxide rings is 1. The first-order valence-corrected chi connectivity index (χ1v) is 7.03. The molecule has 2 aliphatic rings. The summed E-state index contributed by atoms with van der Waals surface area (Å²) in [4.78, 5) is 2.08. The first-order chi connectivity index (χ1) is 9.72. The zero-order valence-electron chi connectivity index (χ0n) is 11.7. The number of methoxy groups -OCH3 is 1. The minimum absolute atomic E-state index is 0.121. The van der Waals surface area contributed by atoms with E-state index in [2.05, 4.69) is 4.90 Å². The van der Waals surface area contributed by atoms with E-state index < -0.39 is 0 Å². The van der Waals surface area contributed by atoms with Crippen molar-refractivity contribution in [1.82, 2.24) is 0 Å². The largest absolute Gasteiger partial charge is 0.491 e. The van der Waals surface area contributed by atoms with Crippen molar-refractivity contribution in [2.45, 2.75) is 18.4 Å². The number of hydrogen-bond donors (Lipinski definition) is 0. The Bertz CT molecular complexity index is 466. The van der Waals surface area contributed by atoms with Gasteiger partial charge in [0.2, 0.25) is 0 Å². The fraction of sp³-hybridized carbons (Fsp3) is 0.600. The van der Waals surface area contributed by atoms with E-state index in [0.29, 0.717) is 24.7 Å². The summed E-state index contributed by atoms with van der Waals surface area (Å²) in [5, 5.41) is 0. The van der Waals surface area contributed by atoms with E-state index in [9.17, 15) is 4.39 Å². The molecule has 20 heavy (non-hydrogen) atoms. The monoisotopic (exact) mass is 281 g/mol. The molecule has 2 aliphatic heterocycles. The number of hydrogen-bond acceptors (Lipinski definition) is 4. The second kappa shape index (κ2) is 5.58. The lowest BCUT2D eigenvalue weighted by atomic mass is 9.97. The maximum atomic E-state index is 14.2. The van der Waals surface area contributed by atoms with Crippen LogP contribution in [0.15, 0.2) is 18.2 Å².